The summed E-state index contributed by atoms with van der Waals surface area (Å²) in [6, 6.07) is 6.93. The zero-order valence-electron chi connectivity index (χ0n) is 13.8. The second-order valence-corrected chi connectivity index (χ2v) is 7.98. The van der Waals surface area contributed by atoms with E-state index in [4.69, 9.17) is 4.74 Å². The molecule has 2 aromatic rings. The Bertz CT molecular complexity index is 809. The molecule has 24 heavy (non-hydrogen) atoms. The van der Waals surface area contributed by atoms with E-state index in [1.54, 1.807) is 24.4 Å². The maximum absolute atomic E-state index is 12.9. The normalized spacial score (nSPS) is 19.2. The molecular formula is C17H21N3O3S. The standard InChI is InChI=1S/C17H21N3O3S/c1-13-5-6-16(10-14(13)2)24(21,22)20-9-3-4-15(11-20)23-17-7-8-18-12-19-17/h5-8,10,12,15H,3-4,9,11H2,1-2H3. The Hall–Kier alpha value is -1.99. The Labute approximate surface area is 142 Å². The minimum atomic E-state index is -3.51. The molecule has 6 nitrogen and oxygen atoms in total. The molecule has 0 N–H and O–H groups in total. The van der Waals surface area contributed by atoms with E-state index in [0.29, 0.717) is 23.9 Å². The van der Waals surface area contributed by atoms with Gasteiger partial charge in [0.05, 0.1) is 11.4 Å². The molecule has 3 rings (SSSR count). The van der Waals surface area contributed by atoms with E-state index in [0.717, 1.165) is 24.0 Å². The highest BCUT2D eigenvalue weighted by Crippen LogP contribution is 2.24. The molecule has 1 aromatic carbocycles. The third-order valence-corrected chi connectivity index (χ3v) is 6.16. The largest absolute Gasteiger partial charge is 0.473 e. The van der Waals surface area contributed by atoms with E-state index in [2.05, 4.69) is 9.97 Å². The highest BCUT2D eigenvalue weighted by Gasteiger charge is 2.31. The number of piperidine rings is 1. The second kappa shape index (κ2) is 6.86. The van der Waals surface area contributed by atoms with Gasteiger partial charge in [0.25, 0.3) is 0 Å². The van der Waals surface area contributed by atoms with Crippen molar-refractivity contribution in [2.45, 2.75) is 37.7 Å². The maximum Gasteiger partial charge on any atom is 0.243 e. The van der Waals surface area contributed by atoms with Crippen LogP contribution in [0.25, 0.3) is 0 Å². The molecule has 0 aliphatic carbocycles. The number of hydrogen-bond donors (Lipinski definition) is 0. The van der Waals surface area contributed by atoms with Crippen molar-refractivity contribution in [1.82, 2.24) is 14.3 Å². The minimum Gasteiger partial charge on any atom is -0.473 e. The van der Waals surface area contributed by atoms with Gasteiger partial charge in [-0.3, -0.25) is 0 Å². The first kappa shape index (κ1) is 16.9. The van der Waals surface area contributed by atoms with Crippen LogP contribution < -0.4 is 4.74 Å². The van der Waals surface area contributed by atoms with Gasteiger partial charge < -0.3 is 4.74 Å². The predicted molar refractivity (Wildman–Crippen MR) is 90.4 cm³/mol. The molecule has 1 atom stereocenters. The van der Waals surface area contributed by atoms with Gasteiger partial charge in [-0.1, -0.05) is 6.07 Å². The fourth-order valence-corrected chi connectivity index (χ4v) is 4.36. The molecule has 1 aliphatic heterocycles. The van der Waals surface area contributed by atoms with Crippen LogP contribution in [0.5, 0.6) is 5.88 Å². The first-order valence-corrected chi connectivity index (χ1v) is 9.41. The van der Waals surface area contributed by atoms with Crippen LogP contribution in [0.2, 0.25) is 0 Å². The number of ether oxygens (including phenoxy) is 1. The van der Waals surface area contributed by atoms with Gasteiger partial charge in [-0.2, -0.15) is 4.31 Å². The molecule has 7 heteroatoms. The third kappa shape index (κ3) is 3.57. The summed E-state index contributed by atoms with van der Waals surface area (Å²) in [6.45, 7) is 4.74. The zero-order valence-corrected chi connectivity index (χ0v) is 14.7. The van der Waals surface area contributed by atoms with Crippen molar-refractivity contribution in [3.05, 3.63) is 47.9 Å². The van der Waals surface area contributed by atoms with E-state index < -0.39 is 10.0 Å². The smallest absolute Gasteiger partial charge is 0.243 e. The molecule has 1 aliphatic rings. The number of benzene rings is 1. The molecule has 0 saturated carbocycles. The monoisotopic (exact) mass is 347 g/mol. The average molecular weight is 347 g/mol. The maximum atomic E-state index is 12.9. The Morgan fingerprint density at radius 1 is 1.21 bits per heavy atom. The summed E-state index contributed by atoms with van der Waals surface area (Å²) in [4.78, 5) is 8.23. The second-order valence-electron chi connectivity index (χ2n) is 6.04. The van der Waals surface area contributed by atoms with Crippen LogP contribution in [0.3, 0.4) is 0 Å². The van der Waals surface area contributed by atoms with Crippen molar-refractivity contribution in [1.29, 1.82) is 0 Å². The minimum absolute atomic E-state index is 0.199. The molecule has 1 saturated heterocycles. The summed E-state index contributed by atoms with van der Waals surface area (Å²) in [5.74, 6) is 0.473. The van der Waals surface area contributed by atoms with Crippen LogP contribution in [-0.2, 0) is 10.0 Å². The molecule has 0 spiro atoms. The van der Waals surface area contributed by atoms with Crippen molar-refractivity contribution in [3.63, 3.8) is 0 Å². The molecule has 0 amide bonds. The van der Waals surface area contributed by atoms with Crippen LogP contribution in [0.4, 0.5) is 0 Å². The Morgan fingerprint density at radius 2 is 2.04 bits per heavy atom. The summed E-state index contributed by atoms with van der Waals surface area (Å²) in [7, 11) is -3.51. The third-order valence-electron chi connectivity index (χ3n) is 4.30. The number of rotatable bonds is 4. The van der Waals surface area contributed by atoms with Crippen molar-refractivity contribution < 1.29 is 13.2 Å². The number of aryl methyl sites for hydroxylation is 2. The first-order chi connectivity index (χ1) is 11.5. The van der Waals surface area contributed by atoms with Crippen molar-refractivity contribution in [2.75, 3.05) is 13.1 Å². The van der Waals surface area contributed by atoms with Gasteiger partial charge in [0.1, 0.15) is 12.4 Å². The van der Waals surface area contributed by atoms with Crippen LogP contribution in [0.1, 0.15) is 24.0 Å². The fraction of sp³-hybridized carbons (Fsp3) is 0.412. The molecule has 0 radical (unpaired) electrons. The van der Waals surface area contributed by atoms with Gasteiger partial charge in [-0.25, -0.2) is 18.4 Å². The molecule has 1 aromatic heterocycles. The predicted octanol–water partition coefficient (Wildman–Crippen LogP) is 2.33. The lowest BCUT2D eigenvalue weighted by atomic mass is 10.1. The lowest BCUT2D eigenvalue weighted by Gasteiger charge is -2.31. The van der Waals surface area contributed by atoms with E-state index in [1.807, 2.05) is 19.9 Å². The molecule has 1 unspecified atom stereocenters. The average Bonchev–Trinajstić information content (AvgIpc) is 2.58. The highest BCUT2D eigenvalue weighted by atomic mass is 32.2. The summed E-state index contributed by atoms with van der Waals surface area (Å²) in [5.41, 5.74) is 2.06. The number of aromatic nitrogens is 2. The van der Waals surface area contributed by atoms with Crippen molar-refractivity contribution >= 4 is 10.0 Å². The van der Waals surface area contributed by atoms with Crippen LogP contribution in [-0.4, -0.2) is 41.9 Å². The SMILES string of the molecule is Cc1ccc(S(=O)(=O)N2CCCC(Oc3ccncn3)C2)cc1C. The summed E-state index contributed by atoms with van der Waals surface area (Å²) in [6.07, 6.45) is 4.40. The molecule has 2 heterocycles. The lowest BCUT2D eigenvalue weighted by molar-refractivity contribution is 0.124. The van der Waals surface area contributed by atoms with Crippen LogP contribution >= 0.6 is 0 Å². The Morgan fingerprint density at radius 3 is 2.75 bits per heavy atom. The molecule has 128 valence electrons. The molecule has 0 bridgehead atoms. The first-order valence-electron chi connectivity index (χ1n) is 7.97. The van der Waals surface area contributed by atoms with Gasteiger partial charge in [0.15, 0.2) is 0 Å². The molecule has 1 fully saturated rings. The summed E-state index contributed by atoms with van der Waals surface area (Å²) < 4.78 is 33.1. The van der Waals surface area contributed by atoms with Gasteiger partial charge in [0.2, 0.25) is 15.9 Å². The summed E-state index contributed by atoms with van der Waals surface area (Å²) in [5, 5.41) is 0. The van der Waals surface area contributed by atoms with Gasteiger partial charge >= 0.3 is 0 Å². The fourth-order valence-electron chi connectivity index (χ4n) is 2.76. The van der Waals surface area contributed by atoms with E-state index in [-0.39, 0.29) is 6.10 Å². The molecular weight excluding hydrogens is 326 g/mol. The number of nitrogens with zero attached hydrogens (tertiary/aromatic N) is 3. The number of hydrogen-bond acceptors (Lipinski definition) is 5. The van der Waals surface area contributed by atoms with E-state index >= 15 is 0 Å². The van der Waals surface area contributed by atoms with Crippen LogP contribution in [0, 0.1) is 13.8 Å². The van der Waals surface area contributed by atoms with Gasteiger partial charge in [-0.15, -0.1) is 0 Å². The Balaban J connectivity index is 1.77. The van der Waals surface area contributed by atoms with Crippen molar-refractivity contribution in [3.8, 4) is 5.88 Å². The van der Waals surface area contributed by atoms with E-state index in [9.17, 15) is 8.42 Å². The van der Waals surface area contributed by atoms with Gasteiger partial charge in [0, 0.05) is 18.8 Å². The quantitative estimate of drug-likeness (QED) is 0.849. The topological polar surface area (TPSA) is 72.4 Å². The number of sulfonamides is 1. The summed E-state index contributed by atoms with van der Waals surface area (Å²) >= 11 is 0. The Kier molecular flexibility index (Phi) is 4.82. The highest BCUT2D eigenvalue weighted by molar-refractivity contribution is 7.89. The van der Waals surface area contributed by atoms with E-state index in [1.165, 1.54) is 10.6 Å². The van der Waals surface area contributed by atoms with Crippen LogP contribution in [0.15, 0.2) is 41.7 Å². The van der Waals surface area contributed by atoms with Crippen molar-refractivity contribution in [2.24, 2.45) is 0 Å². The van der Waals surface area contributed by atoms with Gasteiger partial charge in [-0.05, 0) is 49.9 Å². The lowest BCUT2D eigenvalue weighted by Crippen LogP contribution is -2.44. The zero-order chi connectivity index (χ0) is 17.2.